The third-order valence-corrected chi connectivity index (χ3v) is 5.85. The van der Waals surface area contributed by atoms with Gasteiger partial charge in [-0.1, -0.05) is 32.1 Å². The van der Waals surface area contributed by atoms with E-state index in [1.165, 1.54) is 51.4 Å². The molecule has 1 unspecified atom stereocenters. The quantitative estimate of drug-likeness (QED) is 0.834. The lowest BCUT2D eigenvalue weighted by atomic mass is 9.72. The standard InChI is InChI=1S/C18H32N2O2/c21-17(20-16-7-4-2-1-3-5-8-16)19-14-15-9-12-22-18(13-15)10-6-11-18/h15-16H,1-14H2,(H2,19,20,21). The van der Waals surface area contributed by atoms with Crippen molar-refractivity contribution < 1.29 is 9.53 Å². The number of carbonyl (C=O) groups excluding carboxylic acids is 1. The summed E-state index contributed by atoms with van der Waals surface area (Å²) in [5.41, 5.74) is 0.181. The van der Waals surface area contributed by atoms with Crippen molar-refractivity contribution in [2.45, 2.75) is 88.7 Å². The highest BCUT2D eigenvalue weighted by molar-refractivity contribution is 5.74. The molecule has 4 heteroatoms. The van der Waals surface area contributed by atoms with E-state index in [1.807, 2.05) is 0 Å². The van der Waals surface area contributed by atoms with E-state index < -0.39 is 0 Å². The minimum absolute atomic E-state index is 0.0414. The Bertz CT molecular complexity index is 360. The summed E-state index contributed by atoms with van der Waals surface area (Å²) in [6, 6.07) is 0.424. The molecule has 0 aromatic rings. The van der Waals surface area contributed by atoms with Crippen LogP contribution in [0.15, 0.2) is 0 Å². The fourth-order valence-corrected chi connectivity index (χ4v) is 4.30. The molecule has 1 saturated heterocycles. The summed E-state index contributed by atoms with van der Waals surface area (Å²) >= 11 is 0. The maximum atomic E-state index is 12.1. The molecule has 2 N–H and O–H groups in total. The Morgan fingerprint density at radius 3 is 2.41 bits per heavy atom. The molecule has 3 rings (SSSR count). The lowest BCUT2D eigenvalue weighted by molar-refractivity contribution is -0.142. The molecule has 3 aliphatic rings. The van der Waals surface area contributed by atoms with E-state index in [-0.39, 0.29) is 11.6 Å². The topological polar surface area (TPSA) is 50.4 Å². The lowest BCUT2D eigenvalue weighted by Crippen LogP contribution is -2.49. The highest BCUT2D eigenvalue weighted by atomic mass is 16.5. The van der Waals surface area contributed by atoms with Crippen LogP contribution in [-0.2, 0) is 4.74 Å². The molecule has 22 heavy (non-hydrogen) atoms. The van der Waals surface area contributed by atoms with Crippen molar-refractivity contribution in [3.8, 4) is 0 Å². The van der Waals surface area contributed by atoms with Crippen LogP contribution in [0.3, 0.4) is 0 Å². The Hall–Kier alpha value is -0.770. The monoisotopic (exact) mass is 308 g/mol. The van der Waals surface area contributed by atoms with Gasteiger partial charge in [-0.05, 0) is 50.9 Å². The first-order chi connectivity index (χ1) is 10.8. The Morgan fingerprint density at radius 2 is 1.73 bits per heavy atom. The van der Waals surface area contributed by atoms with E-state index in [0.717, 1.165) is 38.8 Å². The third kappa shape index (κ3) is 4.37. The Morgan fingerprint density at radius 1 is 1.00 bits per heavy atom. The molecule has 1 spiro atoms. The van der Waals surface area contributed by atoms with Gasteiger partial charge < -0.3 is 15.4 Å². The molecule has 126 valence electrons. The van der Waals surface area contributed by atoms with Crippen molar-refractivity contribution in [3.63, 3.8) is 0 Å². The van der Waals surface area contributed by atoms with E-state index in [0.29, 0.717) is 12.0 Å². The van der Waals surface area contributed by atoms with Gasteiger partial charge in [-0.2, -0.15) is 0 Å². The summed E-state index contributed by atoms with van der Waals surface area (Å²) in [6.45, 7) is 1.68. The van der Waals surface area contributed by atoms with Crippen molar-refractivity contribution in [2.75, 3.05) is 13.2 Å². The van der Waals surface area contributed by atoms with Gasteiger partial charge in [0.2, 0.25) is 0 Å². The fraction of sp³-hybridized carbons (Fsp3) is 0.944. The maximum absolute atomic E-state index is 12.1. The molecular formula is C18H32N2O2. The molecule has 3 fully saturated rings. The number of rotatable bonds is 3. The molecule has 0 radical (unpaired) electrons. The molecule has 0 aromatic heterocycles. The zero-order chi connectivity index (χ0) is 15.3. The number of nitrogens with one attached hydrogen (secondary N) is 2. The van der Waals surface area contributed by atoms with Crippen molar-refractivity contribution in [1.29, 1.82) is 0 Å². The van der Waals surface area contributed by atoms with Crippen LogP contribution >= 0.6 is 0 Å². The van der Waals surface area contributed by atoms with Crippen LogP contribution < -0.4 is 10.6 Å². The molecular weight excluding hydrogens is 276 g/mol. The van der Waals surface area contributed by atoms with Gasteiger partial charge in [-0.3, -0.25) is 0 Å². The summed E-state index contributed by atoms with van der Waals surface area (Å²) in [5, 5.41) is 6.31. The van der Waals surface area contributed by atoms with Crippen molar-refractivity contribution >= 4 is 6.03 Å². The maximum Gasteiger partial charge on any atom is 0.315 e. The van der Waals surface area contributed by atoms with Gasteiger partial charge in [0.05, 0.1) is 5.60 Å². The minimum atomic E-state index is 0.0414. The summed E-state index contributed by atoms with van der Waals surface area (Å²) in [4.78, 5) is 12.1. The number of ether oxygens (including phenoxy) is 1. The average Bonchev–Trinajstić information content (AvgIpc) is 2.46. The van der Waals surface area contributed by atoms with E-state index in [1.54, 1.807) is 0 Å². The molecule has 1 atom stereocenters. The van der Waals surface area contributed by atoms with Crippen LogP contribution in [0.1, 0.15) is 77.0 Å². The van der Waals surface area contributed by atoms with Gasteiger partial charge in [-0.25, -0.2) is 4.79 Å². The summed E-state index contributed by atoms with van der Waals surface area (Å²) in [6.07, 6.45) is 14.8. The number of urea groups is 1. The van der Waals surface area contributed by atoms with Gasteiger partial charge in [0, 0.05) is 19.2 Å². The second-order valence-corrected chi connectivity index (χ2v) is 7.64. The normalized spacial score (nSPS) is 29.2. The SMILES string of the molecule is O=C(NCC1CCOC2(CCC2)C1)NC1CCCCCCC1. The van der Waals surface area contributed by atoms with Crippen LogP contribution in [0.2, 0.25) is 0 Å². The van der Waals surface area contributed by atoms with Crippen molar-refractivity contribution in [1.82, 2.24) is 10.6 Å². The van der Waals surface area contributed by atoms with E-state index in [2.05, 4.69) is 10.6 Å². The van der Waals surface area contributed by atoms with Gasteiger partial charge in [0.25, 0.3) is 0 Å². The zero-order valence-corrected chi connectivity index (χ0v) is 13.9. The molecule has 2 saturated carbocycles. The highest BCUT2D eigenvalue weighted by Crippen LogP contribution is 2.43. The van der Waals surface area contributed by atoms with Crippen LogP contribution in [0, 0.1) is 5.92 Å². The largest absolute Gasteiger partial charge is 0.375 e. The Labute approximate surface area is 134 Å². The number of carbonyl (C=O) groups is 1. The second kappa shape index (κ2) is 7.67. The first-order valence-electron chi connectivity index (χ1n) is 9.44. The molecule has 0 aromatic carbocycles. The number of hydrogen-bond acceptors (Lipinski definition) is 2. The predicted molar refractivity (Wildman–Crippen MR) is 87.9 cm³/mol. The molecule has 1 heterocycles. The number of amides is 2. The summed E-state index contributed by atoms with van der Waals surface area (Å²) in [5.74, 6) is 0.595. The smallest absolute Gasteiger partial charge is 0.315 e. The minimum Gasteiger partial charge on any atom is -0.375 e. The third-order valence-electron chi connectivity index (χ3n) is 5.85. The van der Waals surface area contributed by atoms with Crippen LogP contribution in [0.4, 0.5) is 4.79 Å². The number of hydrogen-bond donors (Lipinski definition) is 2. The van der Waals surface area contributed by atoms with E-state index in [4.69, 9.17) is 4.74 Å². The second-order valence-electron chi connectivity index (χ2n) is 7.64. The summed E-state index contributed by atoms with van der Waals surface area (Å²) < 4.78 is 5.96. The van der Waals surface area contributed by atoms with E-state index >= 15 is 0 Å². The van der Waals surface area contributed by atoms with Crippen LogP contribution in [0.5, 0.6) is 0 Å². The highest BCUT2D eigenvalue weighted by Gasteiger charge is 2.42. The van der Waals surface area contributed by atoms with Crippen LogP contribution in [0.25, 0.3) is 0 Å². The average molecular weight is 308 g/mol. The first-order valence-corrected chi connectivity index (χ1v) is 9.44. The lowest BCUT2D eigenvalue weighted by Gasteiger charge is -2.47. The molecule has 0 bridgehead atoms. The van der Waals surface area contributed by atoms with Crippen LogP contribution in [-0.4, -0.2) is 30.8 Å². The predicted octanol–water partition coefficient (Wildman–Crippen LogP) is 3.75. The zero-order valence-electron chi connectivity index (χ0n) is 13.9. The van der Waals surface area contributed by atoms with Gasteiger partial charge in [-0.15, -0.1) is 0 Å². The van der Waals surface area contributed by atoms with Gasteiger partial charge in [0.15, 0.2) is 0 Å². The molecule has 1 aliphatic heterocycles. The van der Waals surface area contributed by atoms with Gasteiger partial charge >= 0.3 is 6.03 Å². The summed E-state index contributed by atoms with van der Waals surface area (Å²) in [7, 11) is 0. The van der Waals surface area contributed by atoms with Crippen molar-refractivity contribution in [2.24, 2.45) is 5.92 Å². The van der Waals surface area contributed by atoms with Crippen molar-refractivity contribution in [3.05, 3.63) is 0 Å². The van der Waals surface area contributed by atoms with E-state index in [9.17, 15) is 4.79 Å². The van der Waals surface area contributed by atoms with Gasteiger partial charge in [0.1, 0.15) is 0 Å². The Kier molecular flexibility index (Phi) is 5.61. The first kappa shape index (κ1) is 16.1. The fourth-order valence-electron chi connectivity index (χ4n) is 4.30. The molecule has 2 amide bonds. The Balaban J connectivity index is 1.36. The molecule has 2 aliphatic carbocycles. The molecule has 4 nitrogen and oxygen atoms in total.